The van der Waals surface area contributed by atoms with Gasteiger partial charge in [-0.15, -0.1) is 0 Å². The van der Waals surface area contributed by atoms with Crippen molar-refractivity contribution < 1.29 is 9.32 Å². The van der Waals surface area contributed by atoms with Crippen LogP contribution < -0.4 is 5.32 Å². The minimum atomic E-state index is -0.236. The molecule has 1 heterocycles. The summed E-state index contributed by atoms with van der Waals surface area (Å²) in [4.78, 5) is 12.6. The molecule has 0 aliphatic rings. The van der Waals surface area contributed by atoms with Gasteiger partial charge in [0.2, 0.25) is 0 Å². The SMILES string of the molecule is Cc1onc(C(C)(C)C)c1C(=O)NC(C)c1ccccc1. The maximum Gasteiger partial charge on any atom is 0.257 e. The number of carbonyl (C=O) groups excluding carboxylic acids is 1. The van der Waals surface area contributed by atoms with Gasteiger partial charge in [0.15, 0.2) is 0 Å². The lowest BCUT2D eigenvalue weighted by molar-refractivity contribution is 0.0936. The van der Waals surface area contributed by atoms with E-state index < -0.39 is 0 Å². The lowest BCUT2D eigenvalue weighted by Gasteiger charge is -2.18. The number of nitrogens with one attached hydrogen (secondary N) is 1. The van der Waals surface area contributed by atoms with Crippen LogP contribution >= 0.6 is 0 Å². The van der Waals surface area contributed by atoms with Crippen LogP contribution in [0.5, 0.6) is 0 Å². The summed E-state index contributed by atoms with van der Waals surface area (Å²) in [5.74, 6) is 0.410. The molecule has 2 aromatic rings. The van der Waals surface area contributed by atoms with Crippen molar-refractivity contribution in [1.29, 1.82) is 0 Å². The molecule has 0 radical (unpaired) electrons. The molecule has 4 heteroatoms. The van der Waals surface area contributed by atoms with Crippen LogP contribution in [0.1, 0.15) is 61.1 Å². The standard InChI is InChI=1S/C17H22N2O2/c1-11(13-9-7-6-8-10-13)18-16(20)14-12(2)21-19-15(14)17(3,4)5/h6-11H,1-5H3,(H,18,20). The number of nitrogens with zero attached hydrogens (tertiary/aromatic N) is 1. The maximum atomic E-state index is 12.6. The van der Waals surface area contributed by atoms with E-state index in [4.69, 9.17) is 4.52 Å². The Morgan fingerprint density at radius 3 is 2.43 bits per heavy atom. The van der Waals surface area contributed by atoms with Gasteiger partial charge in [0.25, 0.3) is 5.91 Å². The molecule has 21 heavy (non-hydrogen) atoms. The van der Waals surface area contributed by atoms with Crippen LogP contribution in [0.25, 0.3) is 0 Å². The van der Waals surface area contributed by atoms with Gasteiger partial charge in [-0.1, -0.05) is 56.3 Å². The van der Waals surface area contributed by atoms with Crippen molar-refractivity contribution in [3.8, 4) is 0 Å². The molecular weight excluding hydrogens is 264 g/mol. The molecular formula is C17H22N2O2. The number of hydrogen-bond acceptors (Lipinski definition) is 3. The Bertz CT molecular complexity index is 624. The number of aryl methyl sites for hydroxylation is 1. The van der Waals surface area contributed by atoms with Crippen LogP contribution in [0, 0.1) is 6.92 Å². The predicted octanol–water partition coefficient (Wildman–Crippen LogP) is 3.77. The predicted molar refractivity (Wildman–Crippen MR) is 82.3 cm³/mol. The van der Waals surface area contributed by atoms with Gasteiger partial charge in [-0.25, -0.2) is 0 Å². The smallest absolute Gasteiger partial charge is 0.257 e. The van der Waals surface area contributed by atoms with Gasteiger partial charge in [0.05, 0.1) is 6.04 Å². The Kier molecular flexibility index (Phi) is 4.16. The molecule has 0 saturated carbocycles. The first-order valence-electron chi connectivity index (χ1n) is 7.13. The van der Waals surface area contributed by atoms with Crippen molar-refractivity contribution in [2.75, 3.05) is 0 Å². The highest BCUT2D eigenvalue weighted by atomic mass is 16.5. The molecule has 1 N–H and O–H groups in total. The van der Waals surface area contributed by atoms with Crippen molar-refractivity contribution in [1.82, 2.24) is 10.5 Å². The average molecular weight is 286 g/mol. The summed E-state index contributed by atoms with van der Waals surface area (Å²) in [6, 6.07) is 9.80. The zero-order chi connectivity index (χ0) is 15.6. The summed E-state index contributed by atoms with van der Waals surface area (Å²) in [5, 5.41) is 7.07. The molecule has 1 atom stereocenters. The normalized spacial score (nSPS) is 13.0. The Morgan fingerprint density at radius 2 is 1.86 bits per heavy atom. The van der Waals surface area contributed by atoms with Gasteiger partial charge >= 0.3 is 0 Å². The second kappa shape index (κ2) is 5.72. The first kappa shape index (κ1) is 15.3. The monoisotopic (exact) mass is 286 g/mol. The van der Waals surface area contributed by atoms with Gasteiger partial charge in [0.1, 0.15) is 17.0 Å². The first-order valence-corrected chi connectivity index (χ1v) is 7.13. The van der Waals surface area contributed by atoms with Crippen LogP contribution in [0.2, 0.25) is 0 Å². The Labute approximate surface area is 125 Å². The van der Waals surface area contributed by atoms with E-state index in [1.54, 1.807) is 6.92 Å². The fourth-order valence-corrected chi connectivity index (χ4v) is 2.25. The highest BCUT2D eigenvalue weighted by Crippen LogP contribution is 2.27. The van der Waals surface area contributed by atoms with Gasteiger partial charge in [-0.2, -0.15) is 0 Å². The summed E-state index contributed by atoms with van der Waals surface area (Å²) in [6.45, 7) is 9.78. The summed E-state index contributed by atoms with van der Waals surface area (Å²) >= 11 is 0. The molecule has 1 amide bonds. The largest absolute Gasteiger partial charge is 0.361 e. The van der Waals surface area contributed by atoms with Crippen molar-refractivity contribution in [2.45, 2.75) is 46.1 Å². The van der Waals surface area contributed by atoms with Crippen LogP contribution in [-0.2, 0) is 5.41 Å². The zero-order valence-corrected chi connectivity index (χ0v) is 13.2. The van der Waals surface area contributed by atoms with Crippen molar-refractivity contribution in [2.24, 2.45) is 0 Å². The van der Waals surface area contributed by atoms with Crippen molar-refractivity contribution in [3.05, 3.63) is 52.9 Å². The van der Waals surface area contributed by atoms with E-state index in [9.17, 15) is 4.79 Å². The molecule has 0 aliphatic carbocycles. The molecule has 0 saturated heterocycles. The van der Waals surface area contributed by atoms with Gasteiger partial charge in [-0.3, -0.25) is 4.79 Å². The molecule has 0 bridgehead atoms. The minimum absolute atomic E-state index is 0.0687. The van der Waals surface area contributed by atoms with E-state index in [0.717, 1.165) is 5.56 Å². The second-order valence-electron chi connectivity index (χ2n) is 6.32. The Morgan fingerprint density at radius 1 is 1.24 bits per heavy atom. The molecule has 1 aromatic carbocycles. The number of hydrogen-bond donors (Lipinski definition) is 1. The number of rotatable bonds is 3. The van der Waals surface area contributed by atoms with E-state index in [0.29, 0.717) is 17.0 Å². The summed E-state index contributed by atoms with van der Waals surface area (Å²) < 4.78 is 5.22. The molecule has 1 aromatic heterocycles. The molecule has 0 spiro atoms. The highest BCUT2D eigenvalue weighted by molar-refractivity contribution is 5.96. The highest BCUT2D eigenvalue weighted by Gasteiger charge is 2.29. The van der Waals surface area contributed by atoms with Crippen LogP contribution in [-0.4, -0.2) is 11.1 Å². The number of benzene rings is 1. The van der Waals surface area contributed by atoms with Gasteiger partial charge in [0, 0.05) is 5.41 Å². The summed E-state index contributed by atoms with van der Waals surface area (Å²) in [5.41, 5.74) is 2.07. The van der Waals surface area contributed by atoms with Crippen LogP contribution in [0.15, 0.2) is 34.9 Å². The lowest BCUT2D eigenvalue weighted by atomic mass is 9.88. The lowest BCUT2D eigenvalue weighted by Crippen LogP contribution is -2.29. The third-order valence-corrected chi connectivity index (χ3v) is 3.45. The fraction of sp³-hybridized carbons (Fsp3) is 0.412. The molecule has 1 unspecified atom stereocenters. The van der Waals surface area contributed by atoms with E-state index in [2.05, 4.69) is 10.5 Å². The first-order chi connectivity index (χ1) is 9.80. The molecule has 4 nitrogen and oxygen atoms in total. The van der Waals surface area contributed by atoms with Gasteiger partial charge in [-0.05, 0) is 19.4 Å². The Hall–Kier alpha value is -2.10. The average Bonchev–Trinajstić information content (AvgIpc) is 2.81. The molecule has 0 fully saturated rings. The third-order valence-electron chi connectivity index (χ3n) is 3.45. The number of amides is 1. The quantitative estimate of drug-likeness (QED) is 0.934. The van der Waals surface area contributed by atoms with E-state index in [-0.39, 0.29) is 17.4 Å². The molecule has 2 rings (SSSR count). The number of aromatic nitrogens is 1. The Balaban J connectivity index is 2.24. The molecule has 112 valence electrons. The minimum Gasteiger partial charge on any atom is -0.361 e. The number of carbonyl (C=O) groups is 1. The maximum absolute atomic E-state index is 12.6. The van der Waals surface area contributed by atoms with E-state index in [1.807, 2.05) is 58.0 Å². The van der Waals surface area contributed by atoms with Crippen LogP contribution in [0.4, 0.5) is 0 Å². The molecule has 0 aliphatic heterocycles. The van der Waals surface area contributed by atoms with Crippen molar-refractivity contribution in [3.63, 3.8) is 0 Å². The second-order valence-corrected chi connectivity index (χ2v) is 6.32. The van der Waals surface area contributed by atoms with E-state index in [1.165, 1.54) is 0 Å². The van der Waals surface area contributed by atoms with E-state index >= 15 is 0 Å². The zero-order valence-electron chi connectivity index (χ0n) is 13.2. The topological polar surface area (TPSA) is 55.1 Å². The third kappa shape index (κ3) is 3.32. The van der Waals surface area contributed by atoms with Crippen LogP contribution in [0.3, 0.4) is 0 Å². The summed E-state index contributed by atoms with van der Waals surface area (Å²) in [6.07, 6.45) is 0. The van der Waals surface area contributed by atoms with Crippen molar-refractivity contribution >= 4 is 5.91 Å². The summed E-state index contributed by atoms with van der Waals surface area (Å²) in [7, 11) is 0. The van der Waals surface area contributed by atoms with Gasteiger partial charge < -0.3 is 9.84 Å². The fourth-order valence-electron chi connectivity index (χ4n) is 2.25.